The van der Waals surface area contributed by atoms with Gasteiger partial charge in [0, 0.05) is 33.0 Å². The van der Waals surface area contributed by atoms with Crippen molar-refractivity contribution >= 4 is 49.8 Å². The van der Waals surface area contributed by atoms with Crippen LogP contribution in [0.2, 0.25) is 0 Å². The molecule has 2 nitrogen and oxygen atoms in total. The maximum Gasteiger partial charge on any atom is 0.143 e. The largest absolute Gasteiger partial charge is 0.455 e. The van der Waals surface area contributed by atoms with Gasteiger partial charge in [0.25, 0.3) is 0 Å². The Labute approximate surface area is 357 Å². The van der Waals surface area contributed by atoms with Crippen molar-refractivity contribution in [3.05, 3.63) is 186 Å². The average molecular weight is 786 g/mol. The third-order valence-electron chi connectivity index (χ3n) is 16.4. The fourth-order valence-corrected chi connectivity index (χ4v) is 14.3. The standard InChI is InChI=1S/C59H47NO/c1-58(2)50-20-7-5-17-46(50)48-19-10-18-43(56(48)58)38-13-9-14-41(33-38)60(53-22-11-23-54-55(53)49-26-24-37-12-3-4-15-44(37)57(49)61-54)42-25-27-47-45-16-6-8-21-51(45)59(52(47)34-42)39-29-35-28-36(31-39)32-40(59)30-35/h3-27,33-36,39-40H,28-32H2,1-2H3. The molecular formula is C59H47NO. The van der Waals surface area contributed by atoms with Crippen LogP contribution in [0.15, 0.2) is 168 Å². The number of fused-ring (bicyclic) bond motifs is 11. The van der Waals surface area contributed by atoms with E-state index in [-0.39, 0.29) is 10.8 Å². The Balaban J connectivity index is 1.02. The number of furan rings is 1. The van der Waals surface area contributed by atoms with E-state index >= 15 is 0 Å². The van der Waals surface area contributed by atoms with Gasteiger partial charge in [0.2, 0.25) is 0 Å². The Morgan fingerprint density at radius 2 is 1.15 bits per heavy atom. The minimum Gasteiger partial charge on any atom is -0.455 e. The number of rotatable bonds is 4. The van der Waals surface area contributed by atoms with Crippen LogP contribution in [-0.4, -0.2) is 0 Å². The van der Waals surface area contributed by atoms with Gasteiger partial charge in [0.05, 0.1) is 11.1 Å². The van der Waals surface area contributed by atoms with E-state index in [0.717, 1.165) is 50.5 Å². The lowest BCUT2D eigenvalue weighted by Crippen LogP contribution is -2.55. The van der Waals surface area contributed by atoms with Crippen LogP contribution < -0.4 is 4.90 Å². The van der Waals surface area contributed by atoms with E-state index in [2.05, 4.69) is 183 Å². The lowest BCUT2D eigenvalue weighted by Gasteiger charge is -2.61. The van der Waals surface area contributed by atoms with E-state index in [1.165, 1.54) is 87.7 Å². The summed E-state index contributed by atoms with van der Waals surface area (Å²) in [6.45, 7) is 4.79. The predicted octanol–water partition coefficient (Wildman–Crippen LogP) is 15.9. The van der Waals surface area contributed by atoms with E-state index < -0.39 is 0 Å². The van der Waals surface area contributed by atoms with Crippen LogP contribution in [0.1, 0.15) is 68.2 Å². The Hall–Kier alpha value is -6.38. The van der Waals surface area contributed by atoms with E-state index in [4.69, 9.17) is 4.42 Å². The normalized spacial score (nSPS) is 23.4. The summed E-state index contributed by atoms with van der Waals surface area (Å²) < 4.78 is 6.87. The van der Waals surface area contributed by atoms with Gasteiger partial charge in [-0.05, 0) is 159 Å². The van der Waals surface area contributed by atoms with Gasteiger partial charge in [-0.1, -0.05) is 135 Å². The summed E-state index contributed by atoms with van der Waals surface area (Å²) in [7, 11) is 0. The third-order valence-corrected chi connectivity index (χ3v) is 16.4. The smallest absolute Gasteiger partial charge is 0.143 e. The first kappa shape index (κ1) is 34.3. The highest BCUT2D eigenvalue weighted by Gasteiger charge is 2.61. The summed E-state index contributed by atoms with van der Waals surface area (Å²) in [4.78, 5) is 2.56. The molecule has 0 N–H and O–H groups in total. The van der Waals surface area contributed by atoms with Crippen molar-refractivity contribution in [2.75, 3.05) is 4.90 Å². The van der Waals surface area contributed by atoms with Crippen molar-refractivity contribution in [2.24, 2.45) is 23.7 Å². The van der Waals surface area contributed by atoms with E-state index in [9.17, 15) is 0 Å². The maximum atomic E-state index is 6.87. The first-order valence-corrected chi connectivity index (χ1v) is 22.7. The Morgan fingerprint density at radius 3 is 1.98 bits per heavy atom. The highest BCUT2D eigenvalue weighted by Crippen LogP contribution is 2.69. The van der Waals surface area contributed by atoms with Gasteiger partial charge in [-0.15, -0.1) is 0 Å². The molecule has 0 radical (unpaired) electrons. The molecule has 6 aliphatic rings. The number of benzene rings is 8. The molecule has 2 heteroatoms. The topological polar surface area (TPSA) is 16.4 Å². The van der Waals surface area contributed by atoms with E-state index in [0.29, 0.717) is 11.8 Å². The third kappa shape index (κ3) is 4.48. The molecule has 61 heavy (non-hydrogen) atoms. The van der Waals surface area contributed by atoms with Crippen molar-refractivity contribution in [2.45, 2.75) is 56.8 Å². The second kappa shape index (κ2) is 12.1. The quantitative estimate of drug-likeness (QED) is 0.177. The Bertz CT molecular complexity index is 3300. The van der Waals surface area contributed by atoms with Gasteiger partial charge in [0.1, 0.15) is 11.2 Å². The SMILES string of the molecule is CC1(C)c2ccccc2-c2cccc(-c3cccc(N(c4ccc5c(c4)C4(c6ccccc6-5)C5CC6CC(C5)CC4C6)c4cccc5oc6c7ccccc7ccc6c45)c3)c21. The van der Waals surface area contributed by atoms with Crippen molar-refractivity contribution in [1.82, 2.24) is 0 Å². The molecule has 1 heterocycles. The fourth-order valence-electron chi connectivity index (χ4n) is 14.3. The second-order valence-electron chi connectivity index (χ2n) is 19.6. The van der Waals surface area contributed by atoms with E-state index in [1.807, 2.05) is 0 Å². The zero-order valence-electron chi connectivity index (χ0n) is 34.8. The molecule has 15 rings (SSSR count). The molecule has 4 saturated carbocycles. The first-order valence-electron chi connectivity index (χ1n) is 22.7. The average Bonchev–Trinajstić information content (AvgIpc) is 3.90. The summed E-state index contributed by atoms with van der Waals surface area (Å²) in [5.41, 5.74) is 19.4. The molecular weight excluding hydrogens is 739 g/mol. The molecule has 9 aromatic rings. The van der Waals surface area contributed by atoms with Crippen LogP contribution in [0.25, 0.3) is 66.1 Å². The molecule has 0 aliphatic heterocycles. The van der Waals surface area contributed by atoms with Crippen molar-refractivity contribution in [3.8, 4) is 33.4 Å². The van der Waals surface area contributed by atoms with Crippen LogP contribution in [0.3, 0.4) is 0 Å². The zero-order chi connectivity index (χ0) is 40.2. The van der Waals surface area contributed by atoms with Crippen molar-refractivity contribution in [1.29, 1.82) is 0 Å². The second-order valence-corrected chi connectivity index (χ2v) is 19.6. The van der Waals surface area contributed by atoms with Crippen LogP contribution in [-0.2, 0) is 10.8 Å². The van der Waals surface area contributed by atoms with Crippen LogP contribution in [0.5, 0.6) is 0 Å². The first-order chi connectivity index (χ1) is 30.0. The van der Waals surface area contributed by atoms with Gasteiger partial charge < -0.3 is 9.32 Å². The minimum absolute atomic E-state index is 0.0708. The molecule has 8 aromatic carbocycles. The fraction of sp³-hybridized carbons (Fsp3) is 0.220. The summed E-state index contributed by atoms with van der Waals surface area (Å²) in [5, 5.41) is 4.65. The van der Waals surface area contributed by atoms with Crippen LogP contribution in [0, 0.1) is 23.7 Å². The van der Waals surface area contributed by atoms with Crippen molar-refractivity contribution < 1.29 is 4.42 Å². The molecule has 0 unspecified atom stereocenters. The molecule has 1 spiro atoms. The van der Waals surface area contributed by atoms with Crippen molar-refractivity contribution in [3.63, 3.8) is 0 Å². The summed E-state index contributed by atoms with van der Waals surface area (Å²) in [5.74, 6) is 3.18. The molecule has 4 bridgehead atoms. The number of hydrogen-bond acceptors (Lipinski definition) is 2. The predicted molar refractivity (Wildman–Crippen MR) is 252 cm³/mol. The summed E-state index contributed by atoms with van der Waals surface area (Å²) >= 11 is 0. The minimum atomic E-state index is -0.121. The lowest BCUT2D eigenvalue weighted by molar-refractivity contribution is -0.0399. The van der Waals surface area contributed by atoms with Gasteiger partial charge in [-0.3, -0.25) is 0 Å². The number of nitrogens with zero attached hydrogens (tertiary/aromatic N) is 1. The molecule has 1 aromatic heterocycles. The summed E-state index contributed by atoms with van der Waals surface area (Å²) in [6.07, 6.45) is 6.92. The van der Waals surface area contributed by atoms with Gasteiger partial charge in [0.15, 0.2) is 0 Å². The highest BCUT2D eigenvalue weighted by atomic mass is 16.3. The molecule has 0 saturated heterocycles. The molecule has 294 valence electrons. The van der Waals surface area contributed by atoms with Crippen LogP contribution in [0.4, 0.5) is 17.1 Å². The van der Waals surface area contributed by atoms with Crippen LogP contribution >= 0.6 is 0 Å². The molecule has 0 amide bonds. The lowest BCUT2D eigenvalue weighted by atomic mass is 9.43. The van der Waals surface area contributed by atoms with Gasteiger partial charge >= 0.3 is 0 Å². The van der Waals surface area contributed by atoms with Gasteiger partial charge in [-0.25, -0.2) is 0 Å². The van der Waals surface area contributed by atoms with E-state index in [1.54, 1.807) is 11.1 Å². The molecule has 0 atom stereocenters. The Morgan fingerprint density at radius 1 is 0.492 bits per heavy atom. The molecule has 4 fully saturated rings. The maximum absolute atomic E-state index is 6.87. The Kier molecular flexibility index (Phi) is 6.83. The molecule has 6 aliphatic carbocycles. The zero-order valence-corrected chi connectivity index (χ0v) is 34.8. The number of anilines is 3. The van der Waals surface area contributed by atoms with Gasteiger partial charge in [-0.2, -0.15) is 0 Å². The summed E-state index contributed by atoms with van der Waals surface area (Å²) in [6, 6.07) is 62.1. The number of hydrogen-bond donors (Lipinski definition) is 0. The highest BCUT2D eigenvalue weighted by molar-refractivity contribution is 6.19. The monoisotopic (exact) mass is 785 g/mol.